The zero-order chi connectivity index (χ0) is 29.5. The number of phenols is 1. The molecule has 1 aromatic heterocycles. The summed E-state index contributed by atoms with van der Waals surface area (Å²) in [5, 5.41) is 22.8. The smallest absolute Gasteiger partial charge is 0.305 e. The Kier molecular flexibility index (Phi) is 7.00. The highest BCUT2D eigenvalue weighted by Gasteiger charge is 2.56. The van der Waals surface area contributed by atoms with Gasteiger partial charge in [0.2, 0.25) is 11.8 Å². The van der Waals surface area contributed by atoms with Crippen LogP contribution in [0.3, 0.4) is 0 Å². The Morgan fingerprint density at radius 2 is 1.74 bits per heavy atom. The number of thioether (sulfide) groups is 1. The first kappa shape index (κ1) is 27.2. The van der Waals surface area contributed by atoms with Gasteiger partial charge in [-0.3, -0.25) is 29.3 Å². The van der Waals surface area contributed by atoms with Gasteiger partial charge in [-0.15, -0.1) is 0 Å². The molecule has 2 aliphatic heterocycles. The van der Waals surface area contributed by atoms with Crippen molar-refractivity contribution in [3.05, 3.63) is 103 Å². The van der Waals surface area contributed by atoms with Crippen molar-refractivity contribution in [2.45, 2.75) is 16.2 Å². The van der Waals surface area contributed by atoms with Crippen molar-refractivity contribution < 1.29 is 29.2 Å². The van der Waals surface area contributed by atoms with Crippen molar-refractivity contribution in [1.82, 2.24) is 4.98 Å². The number of aromatic nitrogens is 1. The lowest BCUT2D eigenvalue weighted by Crippen LogP contribution is -2.32. The van der Waals surface area contributed by atoms with Crippen molar-refractivity contribution in [3.8, 4) is 11.5 Å². The van der Waals surface area contributed by atoms with E-state index in [1.165, 1.54) is 48.5 Å². The minimum Gasteiger partial charge on any atom is -0.508 e. The minimum absolute atomic E-state index is 0.0561. The Morgan fingerprint density at radius 1 is 1.02 bits per heavy atom. The number of carbonyl (C=O) groups excluding carboxylic acids is 3. The molecule has 0 saturated carbocycles. The van der Waals surface area contributed by atoms with Crippen molar-refractivity contribution in [1.29, 1.82) is 0 Å². The van der Waals surface area contributed by atoms with E-state index < -0.39 is 39.7 Å². The third-order valence-corrected chi connectivity index (χ3v) is 9.31. The lowest BCUT2D eigenvalue weighted by Gasteiger charge is -2.30. The number of ether oxygens (including phenoxy) is 1. The average Bonchev–Trinajstić information content (AvgIpc) is 3.47. The molecule has 12 nitrogen and oxygen atoms in total. The summed E-state index contributed by atoms with van der Waals surface area (Å²) in [6.45, 7) is -0.370. The van der Waals surface area contributed by atoms with Crippen LogP contribution < -0.4 is 19.8 Å². The first-order chi connectivity index (χ1) is 20.2. The van der Waals surface area contributed by atoms with Crippen LogP contribution in [-0.2, 0) is 14.4 Å². The van der Waals surface area contributed by atoms with Crippen LogP contribution in [0.2, 0.25) is 0 Å². The number of non-ortho nitro benzene ring substituents is 1. The number of para-hydroxylation sites is 1. The molecular weight excluding hydrogens is 584 g/mol. The highest BCUT2D eigenvalue weighted by Crippen LogP contribution is 2.54. The number of nitrogens with one attached hydrogen (secondary N) is 2. The number of benzene rings is 3. The first-order valence-electron chi connectivity index (χ1n) is 12.5. The number of hydrogen-bond acceptors (Lipinski definition) is 10. The lowest BCUT2D eigenvalue weighted by molar-refractivity contribution is -0.384. The van der Waals surface area contributed by atoms with E-state index in [-0.39, 0.29) is 28.6 Å². The molecule has 3 amide bonds. The van der Waals surface area contributed by atoms with Gasteiger partial charge in [-0.25, -0.2) is 4.90 Å². The number of phenolic OH excluding ortho intramolecular Hbond substituents is 1. The molecule has 0 spiro atoms. The number of aromatic amines is 1. The molecule has 0 aliphatic carbocycles. The minimum atomic E-state index is -0.910. The molecule has 1 saturated heterocycles. The fourth-order valence-corrected chi connectivity index (χ4v) is 7.59. The number of H-pyrrole nitrogens is 1. The summed E-state index contributed by atoms with van der Waals surface area (Å²) in [6, 6.07) is 17.9. The van der Waals surface area contributed by atoms with Crippen LogP contribution in [0.4, 0.5) is 17.1 Å². The molecule has 4 aromatic rings. The van der Waals surface area contributed by atoms with Crippen LogP contribution in [0.25, 0.3) is 0 Å². The number of amides is 3. The highest BCUT2D eigenvalue weighted by atomic mass is 32.2. The number of nitro benzene ring substituents is 1. The van der Waals surface area contributed by atoms with E-state index >= 15 is 0 Å². The van der Waals surface area contributed by atoms with Crippen LogP contribution in [0, 0.1) is 16.0 Å². The largest absolute Gasteiger partial charge is 0.508 e. The molecule has 3 unspecified atom stereocenters. The van der Waals surface area contributed by atoms with Gasteiger partial charge in [0.15, 0.2) is 6.61 Å². The molecule has 0 bridgehead atoms. The van der Waals surface area contributed by atoms with Gasteiger partial charge in [-0.1, -0.05) is 41.3 Å². The van der Waals surface area contributed by atoms with Crippen molar-refractivity contribution in [2.24, 2.45) is 5.92 Å². The highest BCUT2D eigenvalue weighted by molar-refractivity contribution is 8.00. The number of nitrogens with zero attached hydrogens (tertiary/aromatic N) is 2. The van der Waals surface area contributed by atoms with Gasteiger partial charge < -0.3 is 20.1 Å². The molecule has 3 aromatic carbocycles. The summed E-state index contributed by atoms with van der Waals surface area (Å²) in [5.74, 6) is -2.77. The van der Waals surface area contributed by atoms with E-state index in [1.807, 2.05) is 0 Å². The van der Waals surface area contributed by atoms with E-state index in [9.17, 15) is 34.4 Å². The second-order valence-electron chi connectivity index (χ2n) is 9.46. The maximum atomic E-state index is 13.9. The van der Waals surface area contributed by atoms with Crippen LogP contribution in [0.1, 0.15) is 16.4 Å². The van der Waals surface area contributed by atoms with Gasteiger partial charge >= 0.3 is 4.87 Å². The summed E-state index contributed by atoms with van der Waals surface area (Å²) in [6.07, 6.45) is 0. The standard InChI is InChI=1S/C28H20N4O8S2/c33-17-11-5-14(6-12-17)29-20(34)13-40-19-4-2-1-3-18(19)21-22-24(41-25-23(21)42-28(37)30-25)27(36)31(26(22)35)15-7-9-16(10-8-15)32(38)39/h1-12,21-22,24,33H,13H2,(H,29,34)(H,30,37). The van der Waals surface area contributed by atoms with Crippen molar-refractivity contribution >= 4 is 57.9 Å². The third-order valence-electron chi connectivity index (χ3n) is 6.91. The van der Waals surface area contributed by atoms with E-state index in [1.54, 1.807) is 24.3 Å². The monoisotopic (exact) mass is 604 g/mol. The Bertz CT molecular complexity index is 1780. The third kappa shape index (κ3) is 4.90. The molecular formula is C28H20N4O8S2. The van der Waals surface area contributed by atoms with E-state index in [0.717, 1.165) is 28.0 Å². The maximum Gasteiger partial charge on any atom is 0.305 e. The Balaban J connectivity index is 1.33. The second kappa shape index (κ2) is 10.8. The number of fused-ring (bicyclic) bond motifs is 2. The van der Waals surface area contributed by atoms with Gasteiger partial charge in [-0.2, -0.15) is 0 Å². The van der Waals surface area contributed by atoms with E-state index in [2.05, 4.69) is 10.3 Å². The Morgan fingerprint density at radius 3 is 2.45 bits per heavy atom. The number of imide groups is 1. The van der Waals surface area contributed by atoms with E-state index in [4.69, 9.17) is 4.74 Å². The average molecular weight is 605 g/mol. The molecule has 3 heterocycles. The van der Waals surface area contributed by atoms with Crippen LogP contribution in [0.5, 0.6) is 11.5 Å². The summed E-state index contributed by atoms with van der Waals surface area (Å²) in [4.78, 5) is 67.1. The van der Waals surface area contributed by atoms with Gasteiger partial charge in [-0.05, 0) is 42.5 Å². The summed E-state index contributed by atoms with van der Waals surface area (Å²) >= 11 is 2.04. The molecule has 212 valence electrons. The molecule has 42 heavy (non-hydrogen) atoms. The Hall–Kier alpha value is -4.95. The molecule has 3 atom stereocenters. The first-order valence-corrected chi connectivity index (χ1v) is 14.2. The Labute approximate surface area is 245 Å². The number of hydrogen-bond donors (Lipinski definition) is 3. The van der Waals surface area contributed by atoms with Gasteiger partial charge in [0.05, 0.1) is 21.6 Å². The number of anilines is 2. The molecule has 0 radical (unpaired) electrons. The summed E-state index contributed by atoms with van der Waals surface area (Å²) < 4.78 is 5.90. The number of rotatable bonds is 7. The maximum absolute atomic E-state index is 13.9. The number of aromatic hydroxyl groups is 1. The van der Waals surface area contributed by atoms with Crippen LogP contribution in [-0.4, -0.2) is 44.6 Å². The number of carbonyl (C=O) groups is 3. The normalized spacial score (nSPS) is 19.2. The number of thiazole rings is 1. The topological polar surface area (TPSA) is 172 Å². The SMILES string of the molecule is O=C(COc1ccccc1C1c2sc(=O)[nH]c2SC2C(=O)N(c3ccc([N+](=O)[O-])cc3)C(=O)C21)Nc1ccc(O)cc1. The fraction of sp³-hybridized carbons (Fsp3) is 0.143. The lowest BCUT2D eigenvalue weighted by atomic mass is 9.82. The molecule has 14 heteroatoms. The van der Waals surface area contributed by atoms with Crippen LogP contribution in [0.15, 0.2) is 82.6 Å². The molecule has 3 N–H and O–H groups in total. The van der Waals surface area contributed by atoms with Crippen LogP contribution >= 0.6 is 23.1 Å². The zero-order valence-corrected chi connectivity index (χ0v) is 23.0. The van der Waals surface area contributed by atoms with Crippen molar-refractivity contribution in [2.75, 3.05) is 16.8 Å². The van der Waals surface area contributed by atoms with E-state index in [0.29, 0.717) is 26.9 Å². The fourth-order valence-electron chi connectivity index (χ4n) is 5.08. The van der Waals surface area contributed by atoms with Gasteiger partial charge in [0, 0.05) is 34.2 Å². The zero-order valence-electron chi connectivity index (χ0n) is 21.4. The molecule has 1 fully saturated rings. The number of nitro groups is 1. The predicted molar refractivity (Wildman–Crippen MR) is 154 cm³/mol. The van der Waals surface area contributed by atoms with Crippen molar-refractivity contribution in [3.63, 3.8) is 0 Å². The summed E-state index contributed by atoms with van der Waals surface area (Å²) in [5.41, 5.74) is 1.01. The second-order valence-corrected chi connectivity index (χ2v) is 11.6. The summed E-state index contributed by atoms with van der Waals surface area (Å²) in [7, 11) is 0. The molecule has 6 rings (SSSR count). The predicted octanol–water partition coefficient (Wildman–Crippen LogP) is 3.86. The quantitative estimate of drug-likeness (QED) is 0.123. The van der Waals surface area contributed by atoms with Gasteiger partial charge in [0.1, 0.15) is 16.7 Å². The molecule has 2 aliphatic rings. The van der Waals surface area contributed by atoms with Gasteiger partial charge in [0.25, 0.3) is 11.6 Å².